The molecule has 0 unspecified atom stereocenters. The Morgan fingerprint density at radius 3 is 2.26 bits per heavy atom. The van der Waals surface area contributed by atoms with E-state index in [2.05, 4.69) is 30.9 Å². The van der Waals surface area contributed by atoms with Crippen molar-refractivity contribution in [3.8, 4) is 5.75 Å². The first-order valence-electron chi connectivity index (χ1n) is 8.84. The number of carbonyl (C=O) groups excluding carboxylic acids is 1. The number of amides is 1. The molecule has 0 spiro atoms. The first-order valence-corrected chi connectivity index (χ1v) is 10.1. The van der Waals surface area contributed by atoms with Gasteiger partial charge < -0.3 is 9.64 Å². The molecule has 0 saturated carbocycles. The number of hydrogen-bond donors (Lipinski definition) is 0. The number of anilines is 2. The Labute approximate surface area is 169 Å². The highest BCUT2D eigenvalue weighted by molar-refractivity contribution is 8.27. The van der Waals surface area contributed by atoms with E-state index in [1.807, 2.05) is 42.5 Å². The fourth-order valence-corrected chi connectivity index (χ4v) is 4.24. The van der Waals surface area contributed by atoms with Crippen LogP contribution in [0, 0.1) is 0 Å². The van der Waals surface area contributed by atoms with Gasteiger partial charge in [0.1, 0.15) is 5.75 Å². The fourth-order valence-electron chi connectivity index (χ4n) is 2.94. The second-order valence-corrected chi connectivity index (χ2v) is 7.65. The van der Waals surface area contributed by atoms with Crippen LogP contribution in [0.25, 0.3) is 6.08 Å². The number of methoxy groups -OCH3 is 1. The molecule has 0 bridgehead atoms. The Bertz CT molecular complexity index is 857. The van der Waals surface area contributed by atoms with E-state index in [1.54, 1.807) is 12.0 Å². The van der Waals surface area contributed by atoms with E-state index in [9.17, 15) is 4.79 Å². The molecule has 2 aromatic rings. The van der Waals surface area contributed by atoms with Crippen LogP contribution >= 0.6 is 24.0 Å². The molecule has 1 aliphatic rings. The second-order valence-electron chi connectivity index (χ2n) is 5.98. The van der Waals surface area contributed by atoms with Crippen LogP contribution in [0.1, 0.15) is 19.4 Å². The fraction of sp³-hybridized carbons (Fsp3) is 0.238. The van der Waals surface area contributed by atoms with E-state index in [0.29, 0.717) is 9.23 Å². The summed E-state index contributed by atoms with van der Waals surface area (Å²) in [7, 11) is 1.61. The lowest BCUT2D eigenvalue weighted by molar-refractivity contribution is -0.113. The minimum absolute atomic E-state index is 0.0945. The first-order chi connectivity index (χ1) is 13.1. The van der Waals surface area contributed by atoms with Crippen molar-refractivity contribution in [2.24, 2.45) is 0 Å². The third kappa shape index (κ3) is 4.17. The van der Waals surface area contributed by atoms with Gasteiger partial charge in [0.2, 0.25) is 0 Å². The van der Waals surface area contributed by atoms with Gasteiger partial charge in [-0.2, -0.15) is 0 Å². The maximum Gasteiger partial charge on any atom is 0.270 e. The normalized spacial score (nSPS) is 15.5. The van der Waals surface area contributed by atoms with Crippen LogP contribution in [0.15, 0.2) is 53.4 Å². The quantitative estimate of drug-likeness (QED) is 0.508. The minimum Gasteiger partial charge on any atom is -0.497 e. The van der Waals surface area contributed by atoms with Gasteiger partial charge in [-0.3, -0.25) is 9.69 Å². The highest BCUT2D eigenvalue weighted by Gasteiger charge is 2.33. The molecule has 2 aromatic carbocycles. The van der Waals surface area contributed by atoms with Gasteiger partial charge in [-0.05, 0) is 61.9 Å². The van der Waals surface area contributed by atoms with Crippen LogP contribution < -0.4 is 14.5 Å². The van der Waals surface area contributed by atoms with Crippen LogP contribution in [-0.4, -0.2) is 30.4 Å². The molecule has 1 saturated heterocycles. The molecule has 6 heteroatoms. The average molecular weight is 399 g/mol. The lowest BCUT2D eigenvalue weighted by Crippen LogP contribution is -2.27. The van der Waals surface area contributed by atoms with Gasteiger partial charge in [0.15, 0.2) is 4.32 Å². The smallest absolute Gasteiger partial charge is 0.270 e. The van der Waals surface area contributed by atoms with Crippen LogP contribution in [0.4, 0.5) is 11.4 Å². The van der Waals surface area contributed by atoms with Gasteiger partial charge in [0.25, 0.3) is 5.91 Å². The number of nitrogens with zero attached hydrogens (tertiary/aromatic N) is 2. The molecule has 0 aliphatic carbocycles. The maximum absolute atomic E-state index is 12.9. The largest absolute Gasteiger partial charge is 0.497 e. The molecule has 0 N–H and O–H groups in total. The lowest BCUT2D eigenvalue weighted by atomic mass is 10.1. The van der Waals surface area contributed by atoms with Crippen molar-refractivity contribution in [3.63, 3.8) is 0 Å². The third-order valence-electron chi connectivity index (χ3n) is 4.44. The molecular formula is C21H22N2O2S2. The van der Waals surface area contributed by atoms with E-state index < -0.39 is 0 Å². The van der Waals surface area contributed by atoms with Crippen molar-refractivity contribution in [1.82, 2.24) is 0 Å². The van der Waals surface area contributed by atoms with Crippen molar-refractivity contribution < 1.29 is 9.53 Å². The highest BCUT2D eigenvalue weighted by atomic mass is 32.2. The molecule has 1 heterocycles. The Morgan fingerprint density at radius 2 is 1.70 bits per heavy atom. The summed E-state index contributed by atoms with van der Waals surface area (Å²) in [5.41, 5.74) is 2.92. The van der Waals surface area contributed by atoms with Crippen molar-refractivity contribution in [2.45, 2.75) is 13.8 Å². The molecule has 3 rings (SSSR count). The summed E-state index contributed by atoms with van der Waals surface area (Å²) in [6.45, 7) is 6.22. The molecular weight excluding hydrogens is 376 g/mol. The number of carbonyl (C=O) groups is 1. The van der Waals surface area contributed by atoms with Crippen LogP contribution in [0.3, 0.4) is 0 Å². The number of rotatable bonds is 6. The Kier molecular flexibility index (Phi) is 6.19. The minimum atomic E-state index is -0.0945. The molecule has 1 amide bonds. The van der Waals surface area contributed by atoms with E-state index in [1.165, 1.54) is 17.4 Å². The molecule has 1 aliphatic heterocycles. The van der Waals surface area contributed by atoms with Gasteiger partial charge in [-0.1, -0.05) is 36.1 Å². The van der Waals surface area contributed by atoms with Crippen molar-refractivity contribution >= 4 is 51.7 Å². The zero-order valence-electron chi connectivity index (χ0n) is 15.6. The lowest BCUT2D eigenvalue weighted by Gasteiger charge is -2.20. The van der Waals surface area contributed by atoms with Crippen LogP contribution in [0.5, 0.6) is 5.75 Å². The molecule has 0 atom stereocenters. The predicted octanol–water partition coefficient (Wildman–Crippen LogP) is 4.95. The van der Waals surface area contributed by atoms with E-state index in [4.69, 9.17) is 17.0 Å². The number of thioether (sulfide) groups is 1. The number of thiocarbonyl (C=S) groups is 1. The summed E-state index contributed by atoms with van der Waals surface area (Å²) in [5, 5.41) is 0. The zero-order valence-corrected chi connectivity index (χ0v) is 17.3. The van der Waals surface area contributed by atoms with Gasteiger partial charge in [0.05, 0.1) is 17.7 Å². The summed E-state index contributed by atoms with van der Waals surface area (Å²) < 4.78 is 5.71. The first kappa shape index (κ1) is 19.5. The number of ether oxygens (including phenoxy) is 1. The number of hydrogen-bond acceptors (Lipinski definition) is 5. The van der Waals surface area contributed by atoms with Gasteiger partial charge in [-0.15, -0.1) is 0 Å². The van der Waals surface area contributed by atoms with Crippen molar-refractivity contribution in [3.05, 3.63) is 59.0 Å². The van der Waals surface area contributed by atoms with Crippen LogP contribution in [0.2, 0.25) is 0 Å². The summed E-state index contributed by atoms with van der Waals surface area (Å²) in [6, 6.07) is 15.6. The van der Waals surface area contributed by atoms with Crippen molar-refractivity contribution in [2.75, 3.05) is 30.0 Å². The average Bonchev–Trinajstić information content (AvgIpc) is 2.97. The van der Waals surface area contributed by atoms with E-state index in [0.717, 1.165) is 30.1 Å². The van der Waals surface area contributed by atoms with Crippen molar-refractivity contribution in [1.29, 1.82) is 0 Å². The Hall–Kier alpha value is -2.31. The van der Waals surface area contributed by atoms with Gasteiger partial charge in [0, 0.05) is 18.8 Å². The summed E-state index contributed by atoms with van der Waals surface area (Å²) in [4.78, 5) is 17.3. The maximum atomic E-state index is 12.9. The topological polar surface area (TPSA) is 32.8 Å². The SMILES string of the molecule is CCN(CC)c1ccc(/C=C2\SC(=S)N(c3ccc(OC)cc3)C2=O)cc1. The van der Waals surface area contributed by atoms with Crippen LogP contribution in [-0.2, 0) is 4.79 Å². The second kappa shape index (κ2) is 8.59. The zero-order chi connectivity index (χ0) is 19.4. The molecule has 140 valence electrons. The van der Waals surface area contributed by atoms with Gasteiger partial charge in [-0.25, -0.2) is 0 Å². The third-order valence-corrected chi connectivity index (χ3v) is 5.75. The van der Waals surface area contributed by atoms with Gasteiger partial charge >= 0.3 is 0 Å². The predicted molar refractivity (Wildman–Crippen MR) is 119 cm³/mol. The highest BCUT2D eigenvalue weighted by Crippen LogP contribution is 2.36. The molecule has 1 fully saturated rings. The molecule has 0 aromatic heterocycles. The van der Waals surface area contributed by atoms with E-state index >= 15 is 0 Å². The number of benzene rings is 2. The molecule has 27 heavy (non-hydrogen) atoms. The molecule has 4 nitrogen and oxygen atoms in total. The Balaban J connectivity index is 1.81. The summed E-state index contributed by atoms with van der Waals surface area (Å²) >= 11 is 6.76. The Morgan fingerprint density at radius 1 is 1.07 bits per heavy atom. The summed E-state index contributed by atoms with van der Waals surface area (Å²) in [6.07, 6.45) is 1.90. The molecule has 0 radical (unpaired) electrons. The monoisotopic (exact) mass is 398 g/mol. The summed E-state index contributed by atoms with van der Waals surface area (Å²) in [5.74, 6) is 0.649. The standard InChI is InChI=1S/C21H22N2O2S2/c1-4-22(5-2)16-8-6-15(7-9-16)14-19-20(24)23(21(26)27-19)17-10-12-18(25-3)13-11-17/h6-14H,4-5H2,1-3H3/b19-14-. The van der Waals surface area contributed by atoms with E-state index in [-0.39, 0.29) is 5.91 Å².